The highest BCUT2D eigenvalue weighted by molar-refractivity contribution is 7.92. The maximum Gasteiger partial charge on any atom is 0.408 e. The molecular weight excluding hydrogens is 700 g/mol. The number of benzene rings is 3. The zero-order valence-corrected chi connectivity index (χ0v) is 26.5. The monoisotopic (exact) mass is 721 g/mol. The zero-order chi connectivity index (χ0) is 35.4. The lowest BCUT2D eigenvalue weighted by Gasteiger charge is -2.20. The normalized spacial score (nSPS) is 12.9. The first-order valence-electron chi connectivity index (χ1n) is 14.1. The van der Waals surface area contributed by atoms with E-state index in [4.69, 9.17) is 17.3 Å². The van der Waals surface area contributed by atoms with Crippen molar-refractivity contribution < 1.29 is 34.8 Å². The molecule has 6 aromatic rings. The van der Waals surface area contributed by atoms with Gasteiger partial charge in [-0.15, -0.1) is 0 Å². The molecule has 254 valence electrons. The third kappa shape index (κ3) is 6.95. The smallest absolute Gasteiger partial charge is 0.321 e. The fraction of sp³-hybridized carbons (Fsp3) is 0.161. The minimum absolute atomic E-state index is 0.0574. The van der Waals surface area contributed by atoms with E-state index < -0.39 is 63.1 Å². The van der Waals surface area contributed by atoms with Gasteiger partial charge in [0.05, 0.1) is 45.0 Å². The highest BCUT2D eigenvalue weighted by atomic mass is 35.5. The summed E-state index contributed by atoms with van der Waals surface area (Å²) in [4.78, 5) is 23.2. The molecule has 0 fully saturated rings. The number of nitrogens with two attached hydrogens (primary N) is 1. The molecule has 0 aliphatic carbocycles. The van der Waals surface area contributed by atoms with E-state index in [0.717, 1.165) is 23.0 Å². The molecule has 3 aromatic heterocycles. The molecule has 0 aliphatic heterocycles. The number of nitrogens with one attached hydrogen (secondary N) is 1. The summed E-state index contributed by atoms with van der Waals surface area (Å²) < 4.78 is 112. The van der Waals surface area contributed by atoms with Gasteiger partial charge in [0.15, 0.2) is 11.5 Å². The van der Waals surface area contributed by atoms with Crippen LogP contribution in [0.25, 0.3) is 38.9 Å². The van der Waals surface area contributed by atoms with Crippen molar-refractivity contribution in [2.75, 3.05) is 11.0 Å². The van der Waals surface area contributed by atoms with Crippen LogP contribution in [0.15, 0.2) is 71.5 Å². The van der Waals surface area contributed by atoms with Crippen LogP contribution in [0.1, 0.15) is 17.4 Å². The zero-order valence-electron chi connectivity index (χ0n) is 24.9. The number of hydrogen-bond acceptors (Lipinski definition) is 7. The molecule has 0 radical (unpaired) electrons. The van der Waals surface area contributed by atoms with Crippen LogP contribution in [-0.2, 0) is 23.0 Å². The number of pyridine rings is 1. The summed E-state index contributed by atoms with van der Waals surface area (Å²) in [6, 6.07) is 12.0. The predicted octanol–water partition coefficient (Wildman–Crippen LogP) is 6.04. The van der Waals surface area contributed by atoms with Crippen molar-refractivity contribution in [3.8, 4) is 16.9 Å². The van der Waals surface area contributed by atoms with Gasteiger partial charge in [-0.25, -0.2) is 31.6 Å². The molecule has 1 atom stereocenters. The number of hydrogen-bond donors (Lipinski definition) is 2. The van der Waals surface area contributed by atoms with Crippen LogP contribution in [0.4, 0.5) is 32.2 Å². The molecule has 18 heteroatoms. The van der Waals surface area contributed by atoms with Gasteiger partial charge >= 0.3 is 6.18 Å². The summed E-state index contributed by atoms with van der Waals surface area (Å²) in [5.41, 5.74) is 4.94. The third-order valence-electron chi connectivity index (χ3n) is 7.29. The maximum atomic E-state index is 14.6. The lowest BCUT2D eigenvalue weighted by atomic mass is 10.0. The van der Waals surface area contributed by atoms with E-state index in [9.17, 15) is 39.6 Å². The number of fused-ring (bicyclic) bond motifs is 2. The van der Waals surface area contributed by atoms with Gasteiger partial charge in [-0.3, -0.25) is 18.8 Å². The Balaban J connectivity index is 1.67. The van der Waals surface area contributed by atoms with Crippen LogP contribution in [0.5, 0.6) is 0 Å². The lowest BCUT2D eigenvalue weighted by Crippen LogP contribution is -2.30. The van der Waals surface area contributed by atoms with Gasteiger partial charge in [-0.2, -0.15) is 18.3 Å². The Morgan fingerprint density at radius 2 is 1.67 bits per heavy atom. The molecule has 0 bridgehead atoms. The van der Waals surface area contributed by atoms with Crippen molar-refractivity contribution in [1.29, 1.82) is 0 Å². The first-order valence-corrected chi connectivity index (χ1v) is 16.4. The van der Waals surface area contributed by atoms with Crippen LogP contribution in [0.2, 0.25) is 5.02 Å². The highest BCUT2D eigenvalue weighted by Gasteiger charge is 2.33. The number of rotatable bonds is 8. The quantitative estimate of drug-likeness (QED) is 0.183. The molecule has 0 saturated heterocycles. The van der Waals surface area contributed by atoms with Gasteiger partial charge in [0.2, 0.25) is 10.0 Å². The number of halogens is 7. The van der Waals surface area contributed by atoms with E-state index in [1.54, 1.807) is 6.07 Å². The molecule has 1 unspecified atom stereocenters. The predicted molar refractivity (Wildman–Crippen MR) is 170 cm³/mol. The van der Waals surface area contributed by atoms with Crippen molar-refractivity contribution in [2.45, 2.75) is 25.2 Å². The van der Waals surface area contributed by atoms with Crippen LogP contribution < -0.4 is 16.0 Å². The van der Waals surface area contributed by atoms with Gasteiger partial charge in [0, 0.05) is 11.6 Å². The van der Waals surface area contributed by atoms with Gasteiger partial charge < -0.3 is 5.73 Å². The number of nitrogens with zero attached hydrogens (tertiary/aromatic N) is 5. The topological polar surface area (TPSA) is 138 Å². The minimum Gasteiger partial charge on any atom is -0.321 e. The number of sulfonamides is 1. The van der Waals surface area contributed by atoms with Crippen molar-refractivity contribution in [2.24, 2.45) is 5.73 Å². The van der Waals surface area contributed by atoms with Crippen molar-refractivity contribution in [3.63, 3.8) is 0 Å². The Hall–Kier alpha value is -5.00. The fourth-order valence-electron chi connectivity index (χ4n) is 5.43. The molecule has 10 nitrogen and oxygen atoms in total. The number of anilines is 1. The molecule has 0 spiro atoms. The fourth-order valence-corrected chi connectivity index (χ4v) is 6.17. The average molecular weight is 722 g/mol. The Bertz CT molecular complexity index is 2430. The molecule has 6 rings (SSSR count). The maximum absolute atomic E-state index is 14.6. The average Bonchev–Trinajstić information content (AvgIpc) is 3.32. The Morgan fingerprint density at radius 3 is 2.33 bits per heavy atom. The number of aromatic nitrogens is 5. The standard InChI is InChI=1S/C31H22ClF6N7O3S/c1-49(47,48)43-28-25-20(32)7-9-24(26(25)44(42-28)14-31(36,37)38)45-29(22(39)12-15-10-16(33)13-17(34)11-15)41-27-19(30(45)46)6-8-23(40-27)18-4-2-3-5-21(18)35/h2-11,13,22H,12,14,39H2,1H3,(H,42,43). The number of alkyl halides is 3. The van der Waals surface area contributed by atoms with Crippen LogP contribution in [0, 0.1) is 17.5 Å². The van der Waals surface area contributed by atoms with E-state index in [2.05, 4.69) is 19.8 Å². The lowest BCUT2D eigenvalue weighted by molar-refractivity contribution is -0.141. The first-order chi connectivity index (χ1) is 23.0. The van der Waals surface area contributed by atoms with Gasteiger partial charge in [-0.05, 0) is 60.5 Å². The van der Waals surface area contributed by atoms with Gasteiger partial charge in [-0.1, -0.05) is 23.7 Å². The van der Waals surface area contributed by atoms with E-state index in [0.29, 0.717) is 10.7 Å². The van der Waals surface area contributed by atoms with Gasteiger partial charge in [0.25, 0.3) is 5.56 Å². The molecule has 3 aromatic carbocycles. The highest BCUT2D eigenvalue weighted by Crippen LogP contribution is 2.37. The summed E-state index contributed by atoms with van der Waals surface area (Å²) in [7, 11) is -4.09. The summed E-state index contributed by atoms with van der Waals surface area (Å²) >= 11 is 6.39. The second kappa shape index (κ2) is 12.5. The van der Waals surface area contributed by atoms with Crippen molar-refractivity contribution in [3.05, 3.63) is 111 Å². The minimum atomic E-state index is -4.87. The summed E-state index contributed by atoms with van der Waals surface area (Å²) in [5.74, 6) is -3.31. The summed E-state index contributed by atoms with van der Waals surface area (Å²) in [6.45, 7) is -1.73. The summed E-state index contributed by atoms with van der Waals surface area (Å²) in [6.07, 6.45) is -4.44. The Labute approximate surface area is 277 Å². The second-order valence-electron chi connectivity index (χ2n) is 11.0. The molecule has 0 amide bonds. The Kier molecular flexibility index (Phi) is 8.62. The molecule has 3 N–H and O–H groups in total. The van der Waals surface area contributed by atoms with Crippen LogP contribution in [-0.4, -0.2) is 45.2 Å². The van der Waals surface area contributed by atoms with E-state index in [1.165, 1.54) is 42.5 Å². The second-order valence-corrected chi connectivity index (χ2v) is 13.2. The molecular formula is C31H22ClF6N7O3S. The summed E-state index contributed by atoms with van der Waals surface area (Å²) in [5, 5.41) is 3.19. The van der Waals surface area contributed by atoms with E-state index in [-0.39, 0.29) is 56.2 Å². The van der Waals surface area contributed by atoms with E-state index >= 15 is 0 Å². The molecule has 0 aliphatic rings. The largest absolute Gasteiger partial charge is 0.408 e. The van der Waals surface area contributed by atoms with E-state index in [1.807, 2.05) is 0 Å². The van der Waals surface area contributed by atoms with Crippen molar-refractivity contribution >= 4 is 49.4 Å². The van der Waals surface area contributed by atoms with Crippen LogP contribution >= 0.6 is 11.6 Å². The first kappa shape index (κ1) is 33.9. The molecule has 3 heterocycles. The van der Waals surface area contributed by atoms with Crippen molar-refractivity contribution in [1.82, 2.24) is 24.3 Å². The third-order valence-corrected chi connectivity index (χ3v) is 8.17. The van der Waals surface area contributed by atoms with Gasteiger partial charge in [0.1, 0.15) is 29.8 Å². The Morgan fingerprint density at radius 1 is 0.980 bits per heavy atom. The van der Waals surface area contributed by atoms with Crippen LogP contribution in [0.3, 0.4) is 0 Å². The molecule has 0 saturated carbocycles. The SMILES string of the molecule is CS(=O)(=O)Nc1nn(CC(F)(F)F)c2c(-n3c(C(N)Cc4cc(F)cc(F)c4)nc4nc(-c5ccccc5F)ccc4c3=O)ccc(Cl)c12. The molecule has 49 heavy (non-hydrogen) atoms.